The lowest BCUT2D eigenvalue weighted by Gasteiger charge is -2.10. The molecule has 0 bridgehead atoms. The molecule has 2 nitrogen and oxygen atoms in total. The van der Waals surface area contributed by atoms with Crippen LogP contribution in [0.3, 0.4) is 0 Å². The Labute approximate surface area is 51.2 Å². The first-order valence-electron chi connectivity index (χ1n) is 3.04. The summed E-state index contributed by atoms with van der Waals surface area (Å²) in [5.74, 6) is 0. The topological polar surface area (TPSA) is 21.3 Å². The smallest absolute Gasteiger partial charge is 0.0734 e. The molecule has 0 radical (unpaired) electrons. The van der Waals surface area contributed by atoms with Crippen LogP contribution in [0.5, 0.6) is 0 Å². The molecule has 0 aliphatic carbocycles. The molecule has 2 heteroatoms. The van der Waals surface area contributed by atoms with Crippen molar-refractivity contribution < 1.29 is 4.84 Å². The van der Waals surface area contributed by atoms with Crippen molar-refractivity contribution in [2.45, 2.75) is 39.8 Å². The Morgan fingerprint density at radius 1 is 1.12 bits per heavy atom. The Balaban J connectivity index is 2.93. The number of hydrogen-bond donors (Lipinski definition) is 1. The first kappa shape index (κ1) is 7.92. The lowest BCUT2D eigenvalue weighted by Crippen LogP contribution is -2.26. The molecule has 8 heavy (non-hydrogen) atoms. The second-order valence-electron chi connectivity index (χ2n) is 2.44. The predicted molar refractivity (Wildman–Crippen MR) is 34.5 cm³/mol. The molecule has 0 atom stereocenters. The number of hydrogen-bond acceptors (Lipinski definition) is 2. The summed E-state index contributed by atoms with van der Waals surface area (Å²) >= 11 is 0. The second-order valence-corrected chi connectivity index (χ2v) is 2.44. The van der Waals surface area contributed by atoms with Gasteiger partial charge >= 0.3 is 0 Å². The zero-order chi connectivity index (χ0) is 6.57. The molecule has 0 fully saturated rings. The van der Waals surface area contributed by atoms with Crippen LogP contribution in [0, 0.1) is 0 Å². The molecule has 0 aromatic heterocycles. The highest BCUT2D eigenvalue weighted by atomic mass is 16.7. The van der Waals surface area contributed by atoms with Crippen molar-refractivity contribution in [3.8, 4) is 0 Å². The van der Waals surface area contributed by atoms with Crippen LogP contribution in [0.15, 0.2) is 0 Å². The van der Waals surface area contributed by atoms with Crippen molar-refractivity contribution in [2.75, 3.05) is 0 Å². The van der Waals surface area contributed by atoms with E-state index in [2.05, 4.69) is 5.48 Å². The van der Waals surface area contributed by atoms with Gasteiger partial charge in [-0.05, 0) is 27.7 Å². The van der Waals surface area contributed by atoms with E-state index in [1.165, 1.54) is 0 Å². The third kappa shape index (κ3) is 5.92. The summed E-state index contributed by atoms with van der Waals surface area (Å²) in [6.45, 7) is 8.08. The molecular formula is C6H15NO. The summed E-state index contributed by atoms with van der Waals surface area (Å²) in [6, 6.07) is 0.414. The third-order valence-electron chi connectivity index (χ3n) is 0.539. The Kier molecular flexibility index (Phi) is 3.83. The minimum atomic E-state index is 0.275. The van der Waals surface area contributed by atoms with Crippen LogP contribution in [0.2, 0.25) is 0 Å². The quantitative estimate of drug-likeness (QED) is 0.563. The third-order valence-corrected chi connectivity index (χ3v) is 0.539. The van der Waals surface area contributed by atoms with Gasteiger partial charge in [0.2, 0.25) is 0 Å². The van der Waals surface area contributed by atoms with E-state index in [1.54, 1.807) is 0 Å². The average Bonchev–Trinajstić information content (AvgIpc) is 1.61. The average molecular weight is 117 g/mol. The van der Waals surface area contributed by atoms with E-state index in [1.807, 2.05) is 27.7 Å². The molecule has 1 N–H and O–H groups in total. The van der Waals surface area contributed by atoms with Crippen molar-refractivity contribution >= 4 is 0 Å². The maximum absolute atomic E-state index is 5.05. The predicted octanol–water partition coefficient (Wildman–Crippen LogP) is 1.32. The van der Waals surface area contributed by atoms with Gasteiger partial charge in [-0.15, -0.1) is 0 Å². The Morgan fingerprint density at radius 2 is 1.62 bits per heavy atom. The monoisotopic (exact) mass is 117 g/mol. The minimum absolute atomic E-state index is 0.275. The number of rotatable bonds is 3. The summed E-state index contributed by atoms with van der Waals surface area (Å²) in [5, 5.41) is 0. The van der Waals surface area contributed by atoms with Gasteiger partial charge in [0, 0.05) is 6.04 Å². The van der Waals surface area contributed by atoms with Gasteiger partial charge in [0.25, 0.3) is 0 Å². The highest BCUT2D eigenvalue weighted by Crippen LogP contribution is 1.84. The molecule has 0 aromatic rings. The maximum atomic E-state index is 5.05. The largest absolute Gasteiger partial charge is 0.299 e. The van der Waals surface area contributed by atoms with Crippen LogP contribution in [0.4, 0.5) is 0 Å². The first-order chi connectivity index (χ1) is 3.63. The summed E-state index contributed by atoms with van der Waals surface area (Å²) in [4.78, 5) is 5.05. The van der Waals surface area contributed by atoms with Crippen molar-refractivity contribution in [1.82, 2.24) is 5.48 Å². The lowest BCUT2D eigenvalue weighted by atomic mass is 10.4. The fraction of sp³-hybridized carbons (Fsp3) is 1.00. The van der Waals surface area contributed by atoms with E-state index < -0.39 is 0 Å². The summed E-state index contributed by atoms with van der Waals surface area (Å²) in [7, 11) is 0. The van der Waals surface area contributed by atoms with E-state index in [-0.39, 0.29) is 6.10 Å². The number of nitrogens with one attached hydrogen (secondary N) is 1. The normalized spacial score (nSPS) is 11.2. The number of hydroxylamine groups is 1. The zero-order valence-corrected chi connectivity index (χ0v) is 6.06. The molecule has 0 saturated heterocycles. The highest BCUT2D eigenvalue weighted by Gasteiger charge is 1.93. The van der Waals surface area contributed by atoms with Crippen molar-refractivity contribution in [1.29, 1.82) is 0 Å². The summed E-state index contributed by atoms with van der Waals surface area (Å²) in [6.07, 6.45) is 0.275. The Bertz CT molecular complexity index is 44.5. The van der Waals surface area contributed by atoms with Crippen LogP contribution < -0.4 is 5.48 Å². The molecule has 50 valence electrons. The maximum Gasteiger partial charge on any atom is 0.0734 e. The SMILES string of the molecule is CC(C)NOC(C)C. The molecule has 0 unspecified atom stereocenters. The lowest BCUT2D eigenvalue weighted by molar-refractivity contribution is -0.0192. The standard InChI is InChI=1S/C6H15NO/c1-5(2)7-8-6(3)4/h5-7H,1-4H3. The Hall–Kier alpha value is -0.0800. The zero-order valence-electron chi connectivity index (χ0n) is 6.06. The molecule has 0 spiro atoms. The van der Waals surface area contributed by atoms with Crippen LogP contribution in [-0.4, -0.2) is 12.1 Å². The molecule has 0 heterocycles. The second kappa shape index (κ2) is 3.87. The molecule has 0 amide bonds. The first-order valence-corrected chi connectivity index (χ1v) is 3.04. The molecule has 0 aromatic carbocycles. The Morgan fingerprint density at radius 3 is 1.75 bits per heavy atom. The van der Waals surface area contributed by atoms with Crippen LogP contribution in [-0.2, 0) is 4.84 Å². The van der Waals surface area contributed by atoms with Crippen molar-refractivity contribution in [2.24, 2.45) is 0 Å². The van der Waals surface area contributed by atoms with E-state index >= 15 is 0 Å². The fourth-order valence-corrected chi connectivity index (χ4v) is 0.272. The van der Waals surface area contributed by atoms with Gasteiger partial charge in [-0.25, -0.2) is 0 Å². The summed E-state index contributed by atoms with van der Waals surface area (Å²) < 4.78 is 0. The fourth-order valence-electron chi connectivity index (χ4n) is 0.272. The van der Waals surface area contributed by atoms with E-state index in [4.69, 9.17) is 4.84 Å². The van der Waals surface area contributed by atoms with Gasteiger partial charge in [-0.3, -0.25) is 4.84 Å². The van der Waals surface area contributed by atoms with E-state index in [0.717, 1.165) is 0 Å². The molecule has 0 aliphatic heterocycles. The van der Waals surface area contributed by atoms with E-state index in [9.17, 15) is 0 Å². The minimum Gasteiger partial charge on any atom is -0.299 e. The molecular weight excluding hydrogens is 102 g/mol. The molecule has 0 rings (SSSR count). The highest BCUT2D eigenvalue weighted by molar-refractivity contribution is 4.40. The van der Waals surface area contributed by atoms with Gasteiger partial charge in [0.05, 0.1) is 6.10 Å². The van der Waals surface area contributed by atoms with Crippen LogP contribution >= 0.6 is 0 Å². The molecule has 0 saturated carbocycles. The summed E-state index contributed by atoms with van der Waals surface area (Å²) in [5.41, 5.74) is 2.84. The van der Waals surface area contributed by atoms with Gasteiger partial charge in [-0.1, -0.05) is 0 Å². The molecule has 0 aliphatic rings. The van der Waals surface area contributed by atoms with Gasteiger partial charge in [-0.2, -0.15) is 5.48 Å². The van der Waals surface area contributed by atoms with E-state index in [0.29, 0.717) is 6.04 Å². The van der Waals surface area contributed by atoms with Gasteiger partial charge in [0.15, 0.2) is 0 Å². The van der Waals surface area contributed by atoms with Crippen LogP contribution in [0.1, 0.15) is 27.7 Å². The van der Waals surface area contributed by atoms with Crippen molar-refractivity contribution in [3.05, 3.63) is 0 Å². The van der Waals surface area contributed by atoms with Gasteiger partial charge in [0.1, 0.15) is 0 Å². The van der Waals surface area contributed by atoms with Crippen LogP contribution in [0.25, 0.3) is 0 Å². The van der Waals surface area contributed by atoms with Gasteiger partial charge < -0.3 is 0 Å². The van der Waals surface area contributed by atoms with Crippen molar-refractivity contribution in [3.63, 3.8) is 0 Å².